The van der Waals surface area contributed by atoms with Crippen molar-refractivity contribution >= 4 is 22.9 Å². The molecule has 0 amide bonds. The summed E-state index contributed by atoms with van der Waals surface area (Å²) >= 11 is 7.58. The van der Waals surface area contributed by atoms with Crippen LogP contribution in [0.25, 0.3) is 0 Å². The van der Waals surface area contributed by atoms with Crippen LogP contribution in [0.4, 0.5) is 0 Å². The number of ether oxygens (including phenoxy) is 1. The summed E-state index contributed by atoms with van der Waals surface area (Å²) in [6.45, 7) is 1.46. The first-order valence-electron chi connectivity index (χ1n) is 5.24. The fourth-order valence-corrected chi connectivity index (χ4v) is 2.24. The van der Waals surface area contributed by atoms with Crippen molar-refractivity contribution in [2.24, 2.45) is 5.73 Å². The van der Waals surface area contributed by atoms with E-state index in [0.717, 1.165) is 21.3 Å². The number of thiazole rings is 1. The number of hydrogen-bond acceptors (Lipinski definition) is 4. The molecule has 1 aromatic carbocycles. The third kappa shape index (κ3) is 3.51. The van der Waals surface area contributed by atoms with E-state index in [9.17, 15) is 0 Å². The number of hydrogen-bond donors (Lipinski definition) is 1. The van der Waals surface area contributed by atoms with Crippen LogP contribution < -0.4 is 5.73 Å². The highest BCUT2D eigenvalue weighted by molar-refractivity contribution is 7.09. The Morgan fingerprint density at radius 1 is 1.29 bits per heavy atom. The van der Waals surface area contributed by atoms with Gasteiger partial charge in [0.25, 0.3) is 0 Å². The van der Waals surface area contributed by atoms with E-state index in [4.69, 9.17) is 22.1 Å². The third-order valence-electron chi connectivity index (χ3n) is 2.24. The van der Waals surface area contributed by atoms with Gasteiger partial charge < -0.3 is 10.5 Å². The Kier molecular flexibility index (Phi) is 4.50. The number of rotatable bonds is 5. The third-order valence-corrected chi connectivity index (χ3v) is 3.53. The Balaban J connectivity index is 1.85. The number of nitrogens with two attached hydrogens (primary N) is 1. The molecule has 0 aliphatic carbocycles. The van der Waals surface area contributed by atoms with Crippen LogP contribution in [0.3, 0.4) is 0 Å². The molecule has 3 nitrogen and oxygen atoms in total. The molecule has 0 spiro atoms. The highest BCUT2D eigenvalue weighted by Gasteiger charge is 2.02. The topological polar surface area (TPSA) is 48.1 Å². The summed E-state index contributed by atoms with van der Waals surface area (Å²) in [6, 6.07) is 7.66. The monoisotopic (exact) mass is 268 g/mol. The Labute approximate surface area is 109 Å². The van der Waals surface area contributed by atoms with E-state index in [1.807, 2.05) is 29.6 Å². The lowest BCUT2D eigenvalue weighted by molar-refractivity contribution is 0.105. The largest absolute Gasteiger partial charge is 0.370 e. The van der Waals surface area contributed by atoms with Gasteiger partial charge in [0.05, 0.1) is 18.9 Å². The molecule has 0 saturated carbocycles. The van der Waals surface area contributed by atoms with Crippen LogP contribution in [0, 0.1) is 0 Å². The minimum atomic E-state index is 0.481. The first kappa shape index (κ1) is 12.5. The maximum atomic E-state index is 6.02. The van der Waals surface area contributed by atoms with E-state index in [1.54, 1.807) is 11.3 Å². The van der Waals surface area contributed by atoms with Crippen molar-refractivity contribution in [2.75, 3.05) is 0 Å². The van der Waals surface area contributed by atoms with Crippen molar-refractivity contribution in [3.8, 4) is 0 Å². The number of halogens is 1. The van der Waals surface area contributed by atoms with E-state index in [-0.39, 0.29) is 0 Å². The molecular weight excluding hydrogens is 256 g/mol. The Bertz CT molecular complexity index is 487. The van der Waals surface area contributed by atoms with Gasteiger partial charge in [0, 0.05) is 16.9 Å². The fraction of sp³-hybridized carbons (Fsp3) is 0.250. The summed E-state index contributed by atoms with van der Waals surface area (Å²) in [4.78, 5) is 4.32. The second-order valence-corrected chi connectivity index (χ2v) is 4.87. The Morgan fingerprint density at radius 2 is 2.12 bits per heavy atom. The summed E-state index contributed by atoms with van der Waals surface area (Å²) in [5.74, 6) is 0. The van der Waals surface area contributed by atoms with Gasteiger partial charge >= 0.3 is 0 Å². The first-order chi connectivity index (χ1) is 8.29. The molecule has 90 valence electrons. The molecular formula is C12H13ClN2OS. The van der Waals surface area contributed by atoms with Crippen molar-refractivity contribution in [1.82, 2.24) is 4.98 Å². The summed E-state index contributed by atoms with van der Waals surface area (Å²) in [7, 11) is 0. The minimum absolute atomic E-state index is 0.481. The number of nitrogens with zero attached hydrogens (tertiary/aromatic N) is 1. The van der Waals surface area contributed by atoms with Gasteiger partial charge in [-0.3, -0.25) is 0 Å². The molecule has 0 aliphatic heterocycles. The molecule has 0 saturated heterocycles. The van der Waals surface area contributed by atoms with Crippen LogP contribution in [0.2, 0.25) is 5.02 Å². The van der Waals surface area contributed by atoms with Crippen LogP contribution in [0.15, 0.2) is 29.6 Å². The lowest BCUT2D eigenvalue weighted by atomic mass is 10.2. The smallest absolute Gasteiger partial charge is 0.107 e. The summed E-state index contributed by atoms with van der Waals surface area (Å²) in [5, 5.41) is 3.63. The molecule has 2 rings (SSSR count). The molecule has 2 N–H and O–H groups in total. The predicted octanol–water partition coefficient (Wildman–Crippen LogP) is 2.97. The molecule has 0 radical (unpaired) electrons. The molecule has 2 aromatic rings. The molecule has 17 heavy (non-hydrogen) atoms. The zero-order valence-electron chi connectivity index (χ0n) is 9.23. The van der Waals surface area contributed by atoms with Gasteiger partial charge in [0.2, 0.25) is 0 Å². The van der Waals surface area contributed by atoms with Gasteiger partial charge in [-0.2, -0.15) is 0 Å². The fourth-order valence-electron chi connectivity index (χ4n) is 1.39. The van der Waals surface area contributed by atoms with E-state index < -0.39 is 0 Å². The van der Waals surface area contributed by atoms with Gasteiger partial charge in [-0.05, 0) is 11.6 Å². The van der Waals surface area contributed by atoms with Gasteiger partial charge in [-0.15, -0.1) is 11.3 Å². The number of aromatic nitrogens is 1. The highest BCUT2D eigenvalue weighted by Crippen LogP contribution is 2.17. The lowest BCUT2D eigenvalue weighted by Gasteiger charge is -2.04. The summed E-state index contributed by atoms with van der Waals surface area (Å²) in [6.07, 6.45) is 0. The van der Waals surface area contributed by atoms with Crippen LogP contribution in [0.1, 0.15) is 16.3 Å². The standard InChI is InChI=1S/C12H13ClN2OS/c13-11-4-2-1-3-9(11)6-16-7-10-8-17-12(5-14)15-10/h1-4,8H,5-7,14H2. The van der Waals surface area contributed by atoms with Crippen LogP contribution in [-0.2, 0) is 24.5 Å². The summed E-state index contributed by atoms with van der Waals surface area (Å²) < 4.78 is 5.56. The van der Waals surface area contributed by atoms with Gasteiger partial charge in [-0.1, -0.05) is 29.8 Å². The van der Waals surface area contributed by atoms with E-state index in [2.05, 4.69) is 4.98 Å². The Morgan fingerprint density at radius 3 is 2.82 bits per heavy atom. The SMILES string of the molecule is NCc1nc(COCc2ccccc2Cl)cs1. The minimum Gasteiger partial charge on any atom is -0.370 e. The van der Waals surface area contributed by atoms with Crippen LogP contribution in [0.5, 0.6) is 0 Å². The van der Waals surface area contributed by atoms with Crippen LogP contribution >= 0.6 is 22.9 Å². The van der Waals surface area contributed by atoms with Crippen molar-refractivity contribution in [1.29, 1.82) is 0 Å². The quantitative estimate of drug-likeness (QED) is 0.907. The maximum absolute atomic E-state index is 6.02. The zero-order chi connectivity index (χ0) is 12.1. The second-order valence-electron chi connectivity index (χ2n) is 3.52. The molecule has 1 aromatic heterocycles. The van der Waals surface area contributed by atoms with Crippen molar-refractivity contribution < 1.29 is 4.74 Å². The average Bonchev–Trinajstić information content (AvgIpc) is 2.80. The highest BCUT2D eigenvalue weighted by atomic mass is 35.5. The van der Waals surface area contributed by atoms with Gasteiger partial charge in [0.1, 0.15) is 5.01 Å². The summed E-state index contributed by atoms with van der Waals surface area (Å²) in [5.41, 5.74) is 7.40. The molecule has 0 unspecified atom stereocenters. The van der Waals surface area contributed by atoms with Gasteiger partial charge in [0.15, 0.2) is 0 Å². The normalized spacial score (nSPS) is 10.7. The molecule has 0 aliphatic rings. The Hall–Kier alpha value is -0.940. The first-order valence-corrected chi connectivity index (χ1v) is 6.50. The number of benzene rings is 1. The molecule has 0 fully saturated rings. The predicted molar refractivity (Wildman–Crippen MR) is 70.0 cm³/mol. The second kappa shape index (κ2) is 6.12. The van der Waals surface area contributed by atoms with E-state index in [1.165, 1.54) is 0 Å². The van der Waals surface area contributed by atoms with Gasteiger partial charge in [-0.25, -0.2) is 4.98 Å². The van der Waals surface area contributed by atoms with E-state index in [0.29, 0.717) is 19.8 Å². The van der Waals surface area contributed by atoms with Crippen molar-refractivity contribution in [3.05, 3.63) is 50.9 Å². The molecule has 0 bridgehead atoms. The van der Waals surface area contributed by atoms with Crippen molar-refractivity contribution in [3.63, 3.8) is 0 Å². The zero-order valence-corrected chi connectivity index (χ0v) is 10.8. The van der Waals surface area contributed by atoms with E-state index >= 15 is 0 Å². The molecule has 5 heteroatoms. The maximum Gasteiger partial charge on any atom is 0.107 e. The molecule has 0 atom stereocenters. The van der Waals surface area contributed by atoms with Crippen LogP contribution in [-0.4, -0.2) is 4.98 Å². The molecule has 1 heterocycles. The van der Waals surface area contributed by atoms with Crippen molar-refractivity contribution in [2.45, 2.75) is 19.8 Å². The lowest BCUT2D eigenvalue weighted by Crippen LogP contribution is -1.98. The average molecular weight is 269 g/mol.